The minimum absolute atomic E-state index is 0.0183. The van der Waals surface area contributed by atoms with Crippen molar-refractivity contribution in [3.63, 3.8) is 0 Å². The highest BCUT2D eigenvalue weighted by molar-refractivity contribution is 6.18. The van der Waals surface area contributed by atoms with Crippen LogP contribution >= 0.6 is 11.6 Å². The van der Waals surface area contributed by atoms with E-state index in [-0.39, 0.29) is 17.6 Å². The van der Waals surface area contributed by atoms with Crippen LogP contribution in [0, 0.1) is 17.0 Å². The van der Waals surface area contributed by atoms with Crippen LogP contribution in [-0.4, -0.2) is 34.2 Å². The zero-order valence-corrected chi connectivity index (χ0v) is 12.1. The standard InChI is InChI=1S/C14H17ClN2O3/c1-10-12(6-3-7-13(10)17(19)20)14(18)16(9-8-15)11-4-2-5-11/h3,6-7,11H,2,4-5,8-9H2,1H3. The van der Waals surface area contributed by atoms with Gasteiger partial charge in [-0.15, -0.1) is 11.6 Å². The minimum Gasteiger partial charge on any atom is -0.334 e. The van der Waals surface area contributed by atoms with Crippen molar-refractivity contribution in [2.75, 3.05) is 12.4 Å². The second-order valence-electron chi connectivity index (χ2n) is 4.98. The van der Waals surface area contributed by atoms with E-state index in [0.29, 0.717) is 23.6 Å². The summed E-state index contributed by atoms with van der Waals surface area (Å²) in [7, 11) is 0. The van der Waals surface area contributed by atoms with Crippen LogP contribution in [0.25, 0.3) is 0 Å². The van der Waals surface area contributed by atoms with Gasteiger partial charge >= 0.3 is 0 Å². The van der Waals surface area contributed by atoms with Crippen LogP contribution < -0.4 is 0 Å². The highest BCUT2D eigenvalue weighted by Gasteiger charge is 2.30. The van der Waals surface area contributed by atoms with E-state index in [1.807, 2.05) is 0 Å². The van der Waals surface area contributed by atoms with Gasteiger partial charge in [0.2, 0.25) is 0 Å². The fraction of sp³-hybridized carbons (Fsp3) is 0.500. The molecule has 6 heteroatoms. The fourth-order valence-corrected chi connectivity index (χ4v) is 2.63. The number of nitro benzene ring substituents is 1. The van der Waals surface area contributed by atoms with Crippen molar-refractivity contribution >= 4 is 23.2 Å². The molecular weight excluding hydrogens is 280 g/mol. The van der Waals surface area contributed by atoms with Gasteiger partial charge in [0, 0.05) is 35.7 Å². The van der Waals surface area contributed by atoms with E-state index in [9.17, 15) is 14.9 Å². The van der Waals surface area contributed by atoms with Gasteiger partial charge in [-0.25, -0.2) is 0 Å². The third kappa shape index (κ3) is 2.77. The molecule has 1 aromatic rings. The van der Waals surface area contributed by atoms with E-state index in [4.69, 9.17) is 11.6 Å². The molecule has 0 radical (unpaired) electrons. The molecule has 0 unspecified atom stereocenters. The number of carbonyl (C=O) groups is 1. The zero-order chi connectivity index (χ0) is 14.7. The van der Waals surface area contributed by atoms with Crippen molar-refractivity contribution in [2.24, 2.45) is 0 Å². The Morgan fingerprint density at radius 3 is 2.70 bits per heavy atom. The molecule has 1 aliphatic rings. The summed E-state index contributed by atoms with van der Waals surface area (Å²) in [6, 6.07) is 4.84. The summed E-state index contributed by atoms with van der Waals surface area (Å²) in [5.74, 6) is 0.215. The fourth-order valence-electron chi connectivity index (χ4n) is 2.45. The van der Waals surface area contributed by atoms with Gasteiger partial charge in [0.15, 0.2) is 0 Å². The van der Waals surface area contributed by atoms with E-state index in [0.717, 1.165) is 19.3 Å². The average Bonchev–Trinajstić information content (AvgIpc) is 2.35. The molecule has 2 rings (SSSR count). The highest BCUT2D eigenvalue weighted by Crippen LogP contribution is 2.28. The Balaban J connectivity index is 2.31. The molecule has 0 saturated heterocycles. The first-order valence-electron chi connectivity index (χ1n) is 6.67. The van der Waals surface area contributed by atoms with Gasteiger partial charge in [0.1, 0.15) is 0 Å². The van der Waals surface area contributed by atoms with E-state index < -0.39 is 4.92 Å². The molecule has 20 heavy (non-hydrogen) atoms. The van der Waals surface area contributed by atoms with Crippen molar-refractivity contribution in [3.05, 3.63) is 39.4 Å². The molecule has 1 saturated carbocycles. The largest absolute Gasteiger partial charge is 0.334 e. The van der Waals surface area contributed by atoms with Crippen molar-refractivity contribution in [2.45, 2.75) is 32.2 Å². The number of halogens is 1. The van der Waals surface area contributed by atoms with Crippen LogP contribution in [0.4, 0.5) is 5.69 Å². The topological polar surface area (TPSA) is 63.5 Å². The first-order valence-corrected chi connectivity index (χ1v) is 7.20. The summed E-state index contributed by atoms with van der Waals surface area (Å²) >= 11 is 5.77. The monoisotopic (exact) mass is 296 g/mol. The molecule has 1 aliphatic carbocycles. The normalized spacial score (nSPS) is 14.7. The Labute approximate surface area is 122 Å². The number of hydrogen-bond donors (Lipinski definition) is 0. The zero-order valence-electron chi connectivity index (χ0n) is 11.3. The Morgan fingerprint density at radius 1 is 1.50 bits per heavy atom. The lowest BCUT2D eigenvalue weighted by molar-refractivity contribution is -0.385. The molecule has 1 fully saturated rings. The van der Waals surface area contributed by atoms with Gasteiger partial charge in [0.25, 0.3) is 11.6 Å². The quantitative estimate of drug-likeness (QED) is 0.476. The Hall–Kier alpha value is -1.62. The molecular formula is C14H17ClN2O3. The van der Waals surface area contributed by atoms with Gasteiger partial charge in [0.05, 0.1) is 4.92 Å². The Morgan fingerprint density at radius 2 is 2.20 bits per heavy atom. The molecule has 0 bridgehead atoms. The number of nitrogens with zero attached hydrogens (tertiary/aromatic N) is 2. The second-order valence-corrected chi connectivity index (χ2v) is 5.36. The molecule has 0 heterocycles. The third-order valence-electron chi connectivity index (χ3n) is 3.83. The molecule has 0 spiro atoms. The summed E-state index contributed by atoms with van der Waals surface area (Å²) in [4.78, 5) is 24.9. The molecule has 0 aliphatic heterocycles. The maximum atomic E-state index is 12.6. The molecule has 1 amide bonds. The summed E-state index contributed by atoms with van der Waals surface area (Å²) in [5, 5.41) is 11.0. The Kier molecular flexibility index (Phi) is 4.60. The molecule has 0 atom stereocenters. The van der Waals surface area contributed by atoms with Crippen LogP contribution in [0.15, 0.2) is 18.2 Å². The first kappa shape index (κ1) is 14.8. The van der Waals surface area contributed by atoms with Crippen molar-refractivity contribution in [1.82, 2.24) is 4.90 Å². The number of alkyl halides is 1. The van der Waals surface area contributed by atoms with E-state index in [2.05, 4.69) is 0 Å². The predicted octanol–water partition coefficient (Wildman–Crippen LogP) is 3.14. The average molecular weight is 297 g/mol. The molecule has 5 nitrogen and oxygen atoms in total. The van der Waals surface area contributed by atoms with Crippen LogP contribution in [-0.2, 0) is 0 Å². The minimum atomic E-state index is -0.457. The lowest BCUT2D eigenvalue weighted by Gasteiger charge is -2.37. The maximum Gasteiger partial charge on any atom is 0.273 e. The molecule has 0 aromatic heterocycles. The van der Waals surface area contributed by atoms with Gasteiger partial charge in [-0.3, -0.25) is 14.9 Å². The number of carbonyl (C=O) groups excluding carboxylic acids is 1. The summed E-state index contributed by atoms with van der Waals surface area (Å²) in [6.45, 7) is 2.10. The van der Waals surface area contributed by atoms with Crippen molar-refractivity contribution in [1.29, 1.82) is 0 Å². The third-order valence-corrected chi connectivity index (χ3v) is 4.00. The highest BCUT2D eigenvalue weighted by atomic mass is 35.5. The van der Waals surface area contributed by atoms with Crippen LogP contribution in [0.1, 0.15) is 35.2 Å². The van der Waals surface area contributed by atoms with E-state index >= 15 is 0 Å². The van der Waals surface area contributed by atoms with Gasteiger partial charge < -0.3 is 4.90 Å². The van der Waals surface area contributed by atoms with Crippen LogP contribution in [0.5, 0.6) is 0 Å². The lowest BCUT2D eigenvalue weighted by atomic mass is 9.90. The number of hydrogen-bond acceptors (Lipinski definition) is 3. The van der Waals surface area contributed by atoms with Crippen molar-refractivity contribution < 1.29 is 9.72 Å². The maximum absolute atomic E-state index is 12.6. The van der Waals surface area contributed by atoms with Crippen LogP contribution in [0.2, 0.25) is 0 Å². The molecule has 1 aromatic carbocycles. The van der Waals surface area contributed by atoms with E-state index in [1.165, 1.54) is 6.07 Å². The Bertz CT molecular complexity index is 529. The summed E-state index contributed by atoms with van der Waals surface area (Å²) in [5.41, 5.74) is 0.799. The summed E-state index contributed by atoms with van der Waals surface area (Å²) in [6.07, 6.45) is 3.08. The van der Waals surface area contributed by atoms with Gasteiger partial charge in [-0.05, 0) is 32.3 Å². The number of amides is 1. The number of benzene rings is 1. The lowest BCUT2D eigenvalue weighted by Crippen LogP contribution is -2.45. The van der Waals surface area contributed by atoms with Gasteiger partial charge in [-0.1, -0.05) is 6.07 Å². The summed E-state index contributed by atoms with van der Waals surface area (Å²) < 4.78 is 0. The van der Waals surface area contributed by atoms with Crippen molar-refractivity contribution in [3.8, 4) is 0 Å². The van der Waals surface area contributed by atoms with Gasteiger partial charge in [-0.2, -0.15) is 0 Å². The smallest absolute Gasteiger partial charge is 0.273 e. The van der Waals surface area contributed by atoms with E-state index in [1.54, 1.807) is 24.0 Å². The number of rotatable bonds is 5. The first-order chi connectivity index (χ1) is 9.56. The molecule has 108 valence electrons. The number of nitro groups is 1. The second kappa shape index (κ2) is 6.22. The SMILES string of the molecule is Cc1c(C(=O)N(CCCl)C2CCC2)cccc1[N+](=O)[O-]. The molecule has 0 N–H and O–H groups in total. The van der Waals surface area contributed by atoms with Crippen LogP contribution in [0.3, 0.4) is 0 Å². The predicted molar refractivity (Wildman–Crippen MR) is 77.2 cm³/mol.